The molecule has 3 nitrogen and oxygen atoms in total. The van der Waals surface area contributed by atoms with Crippen molar-refractivity contribution in [3.8, 4) is 0 Å². The average molecular weight is 270 g/mol. The molecule has 0 fully saturated rings. The number of aromatic nitrogens is 2. The van der Waals surface area contributed by atoms with Crippen LogP contribution in [0.1, 0.15) is 49.6 Å². The summed E-state index contributed by atoms with van der Waals surface area (Å²) in [4.78, 5) is 0. The number of rotatable bonds is 3. The maximum atomic E-state index is 11.1. The van der Waals surface area contributed by atoms with E-state index < -0.39 is 5.60 Å². The molecule has 3 rings (SSSR count). The maximum Gasteiger partial charge on any atom is 0.0955 e. The molecule has 20 heavy (non-hydrogen) atoms. The van der Waals surface area contributed by atoms with Crippen molar-refractivity contribution in [3.05, 3.63) is 53.3 Å². The van der Waals surface area contributed by atoms with E-state index in [1.54, 1.807) is 0 Å². The lowest BCUT2D eigenvalue weighted by Gasteiger charge is -2.34. The van der Waals surface area contributed by atoms with Gasteiger partial charge in [-0.2, -0.15) is 5.10 Å². The third-order valence-corrected chi connectivity index (χ3v) is 4.22. The molecule has 1 aromatic heterocycles. The SMILES string of the molecule is CC(C)n1ccc(CC2(O)CCCc3ccccc32)n1. The highest BCUT2D eigenvalue weighted by Crippen LogP contribution is 2.37. The highest BCUT2D eigenvalue weighted by molar-refractivity contribution is 5.35. The van der Waals surface area contributed by atoms with E-state index in [1.165, 1.54) is 5.56 Å². The van der Waals surface area contributed by atoms with Gasteiger partial charge in [-0.1, -0.05) is 24.3 Å². The molecular weight excluding hydrogens is 248 g/mol. The van der Waals surface area contributed by atoms with Gasteiger partial charge in [0.15, 0.2) is 0 Å². The van der Waals surface area contributed by atoms with Crippen LogP contribution >= 0.6 is 0 Å². The summed E-state index contributed by atoms with van der Waals surface area (Å²) in [5, 5.41) is 15.7. The minimum atomic E-state index is -0.759. The lowest BCUT2D eigenvalue weighted by atomic mass is 9.77. The minimum absolute atomic E-state index is 0.358. The van der Waals surface area contributed by atoms with Gasteiger partial charge in [-0.15, -0.1) is 0 Å². The van der Waals surface area contributed by atoms with E-state index >= 15 is 0 Å². The zero-order valence-corrected chi connectivity index (χ0v) is 12.2. The maximum absolute atomic E-state index is 11.1. The summed E-state index contributed by atoms with van der Waals surface area (Å²) in [7, 11) is 0. The average Bonchev–Trinajstić information content (AvgIpc) is 2.88. The van der Waals surface area contributed by atoms with Gasteiger partial charge in [-0.05, 0) is 50.3 Å². The molecule has 0 saturated heterocycles. The van der Waals surface area contributed by atoms with E-state index in [9.17, 15) is 5.11 Å². The zero-order chi connectivity index (χ0) is 14.2. The molecule has 1 aromatic carbocycles. The third kappa shape index (κ3) is 2.38. The first-order valence-electron chi connectivity index (χ1n) is 7.43. The Morgan fingerprint density at radius 3 is 2.85 bits per heavy atom. The number of aryl methyl sites for hydroxylation is 1. The Balaban J connectivity index is 1.89. The molecule has 0 amide bonds. The lowest BCUT2D eigenvalue weighted by molar-refractivity contribution is 0.0179. The van der Waals surface area contributed by atoms with Crippen LogP contribution in [0.25, 0.3) is 0 Å². The predicted molar refractivity (Wildman–Crippen MR) is 79.6 cm³/mol. The molecular formula is C17H22N2O. The molecule has 0 bridgehead atoms. The molecule has 0 aliphatic heterocycles. The molecule has 1 unspecified atom stereocenters. The number of hydrogen-bond donors (Lipinski definition) is 1. The van der Waals surface area contributed by atoms with Crippen LogP contribution in [0.3, 0.4) is 0 Å². The third-order valence-electron chi connectivity index (χ3n) is 4.22. The molecule has 3 heteroatoms. The van der Waals surface area contributed by atoms with Crippen LogP contribution < -0.4 is 0 Å². The summed E-state index contributed by atoms with van der Waals surface area (Å²) in [6.07, 6.45) is 5.53. The largest absolute Gasteiger partial charge is 0.385 e. The first-order valence-corrected chi connectivity index (χ1v) is 7.43. The number of fused-ring (bicyclic) bond motifs is 1. The lowest BCUT2D eigenvalue weighted by Crippen LogP contribution is -2.33. The fraction of sp³-hybridized carbons (Fsp3) is 0.471. The first-order chi connectivity index (χ1) is 9.58. The molecule has 1 atom stereocenters. The van der Waals surface area contributed by atoms with E-state index in [1.807, 2.05) is 23.0 Å². The van der Waals surface area contributed by atoms with E-state index in [0.717, 1.165) is 30.5 Å². The second-order valence-corrected chi connectivity index (χ2v) is 6.10. The number of nitrogens with zero attached hydrogens (tertiary/aromatic N) is 2. The van der Waals surface area contributed by atoms with Gasteiger partial charge >= 0.3 is 0 Å². The Morgan fingerprint density at radius 1 is 1.30 bits per heavy atom. The van der Waals surface area contributed by atoms with Crippen LogP contribution in [-0.4, -0.2) is 14.9 Å². The van der Waals surface area contributed by atoms with Gasteiger partial charge in [-0.25, -0.2) is 0 Å². The summed E-state index contributed by atoms with van der Waals surface area (Å²) < 4.78 is 1.95. The zero-order valence-electron chi connectivity index (χ0n) is 12.2. The standard InChI is InChI=1S/C17H22N2O/c1-13(2)19-11-9-15(18-19)12-17(20)10-5-7-14-6-3-4-8-16(14)17/h3-4,6,8-9,11,13,20H,5,7,10,12H2,1-2H3. The molecule has 2 aromatic rings. The van der Waals surface area contributed by atoms with E-state index in [4.69, 9.17) is 0 Å². The van der Waals surface area contributed by atoms with Crippen molar-refractivity contribution >= 4 is 0 Å². The van der Waals surface area contributed by atoms with Crippen molar-refractivity contribution in [3.63, 3.8) is 0 Å². The van der Waals surface area contributed by atoms with E-state index in [2.05, 4.69) is 37.1 Å². The van der Waals surface area contributed by atoms with Gasteiger partial charge in [0, 0.05) is 18.7 Å². The molecule has 1 N–H and O–H groups in total. The summed E-state index contributed by atoms with van der Waals surface area (Å²) in [6.45, 7) is 4.23. The second-order valence-electron chi connectivity index (χ2n) is 6.10. The molecule has 1 heterocycles. The second kappa shape index (κ2) is 5.06. The topological polar surface area (TPSA) is 38.0 Å². The van der Waals surface area contributed by atoms with Crippen molar-refractivity contribution in [2.24, 2.45) is 0 Å². The summed E-state index contributed by atoms with van der Waals surface area (Å²) in [5.74, 6) is 0. The van der Waals surface area contributed by atoms with Crippen molar-refractivity contribution in [2.45, 2.75) is 51.2 Å². The van der Waals surface area contributed by atoms with Crippen LogP contribution in [-0.2, 0) is 18.4 Å². The quantitative estimate of drug-likeness (QED) is 0.930. The van der Waals surface area contributed by atoms with Crippen LogP contribution in [0.2, 0.25) is 0 Å². The number of benzene rings is 1. The summed E-state index contributed by atoms with van der Waals surface area (Å²) in [5.41, 5.74) is 2.58. The highest BCUT2D eigenvalue weighted by Gasteiger charge is 2.34. The van der Waals surface area contributed by atoms with Crippen LogP contribution in [0.15, 0.2) is 36.5 Å². The van der Waals surface area contributed by atoms with E-state index in [-0.39, 0.29) is 0 Å². The van der Waals surface area contributed by atoms with E-state index in [0.29, 0.717) is 12.5 Å². The van der Waals surface area contributed by atoms with Crippen molar-refractivity contribution < 1.29 is 5.11 Å². The van der Waals surface area contributed by atoms with Gasteiger partial charge in [0.1, 0.15) is 0 Å². The normalized spacial score (nSPS) is 22.0. The van der Waals surface area contributed by atoms with Gasteiger partial charge < -0.3 is 5.11 Å². The Kier molecular flexibility index (Phi) is 3.38. The Morgan fingerprint density at radius 2 is 2.10 bits per heavy atom. The van der Waals surface area contributed by atoms with Crippen molar-refractivity contribution in [1.82, 2.24) is 9.78 Å². The van der Waals surface area contributed by atoms with Crippen LogP contribution in [0, 0.1) is 0 Å². The van der Waals surface area contributed by atoms with Gasteiger partial charge in [-0.3, -0.25) is 4.68 Å². The highest BCUT2D eigenvalue weighted by atomic mass is 16.3. The number of aliphatic hydroxyl groups is 1. The Hall–Kier alpha value is -1.61. The molecule has 1 aliphatic carbocycles. The molecule has 0 spiro atoms. The van der Waals surface area contributed by atoms with Crippen LogP contribution in [0.5, 0.6) is 0 Å². The fourth-order valence-electron chi connectivity index (χ4n) is 3.14. The Labute approximate surface area is 120 Å². The van der Waals surface area contributed by atoms with Crippen LogP contribution in [0.4, 0.5) is 0 Å². The van der Waals surface area contributed by atoms with Crippen molar-refractivity contribution in [2.75, 3.05) is 0 Å². The predicted octanol–water partition coefficient (Wildman–Crippen LogP) is 3.23. The van der Waals surface area contributed by atoms with Crippen molar-refractivity contribution in [1.29, 1.82) is 0 Å². The summed E-state index contributed by atoms with van der Waals surface area (Å²) in [6, 6.07) is 10.6. The first kappa shape index (κ1) is 13.4. The Bertz CT molecular complexity index is 603. The molecule has 1 aliphatic rings. The van der Waals surface area contributed by atoms with Gasteiger partial charge in [0.25, 0.3) is 0 Å². The fourth-order valence-corrected chi connectivity index (χ4v) is 3.14. The summed E-state index contributed by atoms with van der Waals surface area (Å²) >= 11 is 0. The smallest absolute Gasteiger partial charge is 0.0955 e. The minimum Gasteiger partial charge on any atom is -0.385 e. The number of hydrogen-bond acceptors (Lipinski definition) is 2. The van der Waals surface area contributed by atoms with Gasteiger partial charge in [0.05, 0.1) is 11.3 Å². The molecule has 0 radical (unpaired) electrons. The molecule has 0 saturated carbocycles. The van der Waals surface area contributed by atoms with Gasteiger partial charge in [0.2, 0.25) is 0 Å². The molecule has 106 valence electrons. The monoisotopic (exact) mass is 270 g/mol.